The van der Waals surface area contributed by atoms with Crippen LogP contribution in [-0.4, -0.2) is 7.11 Å². The zero-order valence-electron chi connectivity index (χ0n) is 12.3. The van der Waals surface area contributed by atoms with Gasteiger partial charge in [-0.25, -0.2) is 4.39 Å². The normalized spacial score (nSPS) is 23.8. The monoisotopic (exact) mass is 282 g/mol. The molecule has 20 heavy (non-hydrogen) atoms. The summed E-state index contributed by atoms with van der Waals surface area (Å²) in [6.45, 7) is 10.7. The summed E-state index contributed by atoms with van der Waals surface area (Å²) in [6.07, 6.45) is 7.89. The zero-order valence-corrected chi connectivity index (χ0v) is 12.3. The van der Waals surface area contributed by atoms with Crippen molar-refractivity contribution in [3.8, 4) is 0 Å². The van der Waals surface area contributed by atoms with Gasteiger partial charge in [-0.15, -0.1) is 6.58 Å². The highest BCUT2D eigenvalue weighted by Crippen LogP contribution is 2.34. The largest absolute Gasteiger partial charge is 0.494 e. The molecule has 0 aromatic heterocycles. The Morgan fingerprint density at radius 1 is 1.15 bits per heavy atom. The maximum atomic E-state index is 13.7. The molecule has 1 fully saturated rings. The van der Waals surface area contributed by atoms with Crippen molar-refractivity contribution in [3.63, 3.8) is 0 Å². The lowest BCUT2D eigenvalue weighted by atomic mass is 9.79. The van der Waals surface area contributed by atoms with Crippen molar-refractivity contribution in [1.29, 1.82) is 0 Å². The molecule has 0 amide bonds. The molecule has 1 rings (SSSR count). The molecule has 1 nitrogen and oxygen atoms in total. The average Bonchev–Trinajstić information content (AvgIpc) is 2.50. The van der Waals surface area contributed by atoms with Crippen LogP contribution < -0.4 is 0 Å². The second-order valence-corrected chi connectivity index (χ2v) is 5.41. The summed E-state index contributed by atoms with van der Waals surface area (Å²) in [7, 11) is 1.26. The number of ether oxygens (including phenoxy) is 1. The van der Waals surface area contributed by atoms with Gasteiger partial charge in [0.05, 0.1) is 7.11 Å². The molecular weight excluding hydrogens is 258 g/mol. The maximum Gasteiger partial charge on any atom is 0.200 e. The topological polar surface area (TPSA) is 9.23 Å². The van der Waals surface area contributed by atoms with Crippen molar-refractivity contribution in [1.82, 2.24) is 0 Å². The van der Waals surface area contributed by atoms with E-state index in [-0.39, 0.29) is 11.3 Å². The Bertz CT molecular complexity index is 401. The van der Waals surface area contributed by atoms with E-state index in [4.69, 9.17) is 0 Å². The molecule has 0 unspecified atom stereocenters. The SMILES string of the molecule is C=CC1CCC(CCC(=C)/C(F)=C(/F)C(=C)OC)CC1. The lowest BCUT2D eigenvalue weighted by Gasteiger charge is -2.26. The fraction of sp³-hybridized carbons (Fsp3) is 0.529. The molecule has 0 radical (unpaired) electrons. The van der Waals surface area contributed by atoms with Crippen LogP contribution in [0.3, 0.4) is 0 Å². The number of methoxy groups -OCH3 is 1. The highest BCUT2D eigenvalue weighted by molar-refractivity contribution is 5.32. The minimum Gasteiger partial charge on any atom is -0.494 e. The molecule has 3 heteroatoms. The molecule has 0 spiro atoms. The third-order valence-corrected chi connectivity index (χ3v) is 4.07. The van der Waals surface area contributed by atoms with Crippen LogP contribution in [-0.2, 0) is 4.74 Å². The minimum absolute atomic E-state index is 0.187. The third kappa shape index (κ3) is 4.62. The highest BCUT2D eigenvalue weighted by atomic mass is 19.2. The number of hydrogen-bond donors (Lipinski definition) is 0. The molecule has 1 aliphatic carbocycles. The van der Waals surface area contributed by atoms with Crippen LogP contribution in [0.15, 0.2) is 48.8 Å². The van der Waals surface area contributed by atoms with Crippen molar-refractivity contribution < 1.29 is 13.5 Å². The Kier molecular flexibility index (Phi) is 6.69. The molecule has 1 aliphatic rings. The van der Waals surface area contributed by atoms with Crippen molar-refractivity contribution in [3.05, 3.63) is 48.8 Å². The van der Waals surface area contributed by atoms with Crippen LogP contribution in [0.4, 0.5) is 8.78 Å². The van der Waals surface area contributed by atoms with Gasteiger partial charge in [0, 0.05) is 0 Å². The van der Waals surface area contributed by atoms with Crippen LogP contribution in [0.2, 0.25) is 0 Å². The molecule has 0 saturated heterocycles. The van der Waals surface area contributed by atoms with Crippen LogP contribution in [0, 0.1) is 11.8 Å². The molecule has 0 bridgehead atoms. The summed E-state index contributed by atoms with van der Waals surface area (Å²) in [6, 6.07) is 0. The van der Waals surface area contributed by atoms with E-state index in [0.29, 0.717) is 18.3 Å². The highest BCUT2D eigenvalue weighted by Gasteiger charge is 2.20. The van der Waals surface area contributed by atoms with Gasteiger partial charge >= 0.3 is 0 Å². The van der Waals surface area contributed by atoms with E-state index >= 15 is 0 Å². The Hall–Kier alpha value is -1.38. The van der Waals surface area contributed by atoms with Gasteiger partial charge < -0.3 is 4.74 Å². The average molecular weight is 282 g/mol. The molecule has 0 aromatic rings. The van der Waals surface area contributed by atoms with Crippen LogP contribution in [0.1, 0.15) is 38.5 Å². The Balaban J connectivity index is 2.44. The number of rotatable bonds is 7. The first kappa shape index (κ1) is 16.7. The predicted molar refractivity (Wildman–Crippen MR) is 79.4 cm³/mol. The van der Waals surface area contributed by atoms with E-state index in [2.05, 4.69) is 24.5 Å². The molecule has 0 aliphatic heterocycles. The fourth-order valence-electron chi connectivity index (χ4n) is 2.57. The van der Waals surface area contributed by atoms with Gasteiger partial charge in [-0.05, 0) is 55.9 Å². The lowest BCUT2D eigenvalue weighted by molar-refractivity contribution is 0.279. The van der Waals surface area contributed by atoms with E-state index in [1.807, 2.05) is 6.08 Å². The van der Waals surface area contributed by atoms with Gasteiger partial charge in [0.1, 0.15) is 5.76 Å². The minimum atomic E-state index is -1.05. The number of allylic oxidation sites excluding steroid dienone is 4. The van der Waals surface area contributed by atoms with E-state index in [1.54, 1.807) is 0 Å². The third-order valence-electron chi connectivity index (χ3n) is 4.07. The van der Waals surface area contributed by atoms with Gasteiger partial charge in [-0.2, -0.15) is 4.39 Å². The van der Waals surface area contributed by atoms with Gasteiger partial charge in [-0.3, -0.25) is 0 Å². The summed E-state index contributed by atoms with van der Waals surface area (Å²) in [5.41, 5.74) is 0.187. The molecule has 112 valence electrons. The quantitative estimate of drug-likeness (QED) is 0.334. The van der Waals surface area contributed by atoms with Gasteiger partial charge in [0.25, 0.3) is 0 Å². The molecule has 0 aromatic carbocycles. The lowest BCUT2D eigenvalue weighted by Crippen LogP contribution is -2.13. The van der Waals surface area contributed by atoms with Crippen LogP contribution in [0.5, 0.6) is 0 Å². The summed E-state index contributed by atoms with van der Waals surface area (Å²) in [5.74, 6) is -1.09. The van der Waals surface area contributed by atoms with Crippen molar-refractivity contribution in [2.75, 3.05) is 7.11 Å². The Labute approximate surface area is 120 Å². The summed E-state index contributed by atoms with van der Waals surface area (Å²) < 4.78 is 31.8. The molecule has 0 atom stereocenters. The van der Waals surface area contributed by atoms with E-state index in [0.717, 1.165) is 32.1 Å². The number of hydrogen-bond acceptors (Lipinski definition) is 1. The Morgan fingerprint density at radius 3 is 2.25 bits per heavy atom. The van der Waals surface area contributed by atoms with Crippen molar-refractivity contribution in [2.24, 2.45) is 11.8 Å². The maximum absolute atomic E-state index is 13.7. The predicted octanol–water partition coefficient (Wildman–Crippen LogP) is 5.63. The van der Waals surface area contributed by atoms with Gasteiger partial charge in [0.15, 0.2) is 11.7 Å². The second kappa shape index (κ2) is 8.03. The first-order chi connectivity index (χ1) is 9.49. The molecular formula is C17H24F2O. The van der Waals surface area contributed by atoms with Crippen LogP contribution in [0.25, 0.3) is 0 Å². The molecule has 1 saturated carbocycles. The van der Waals surface area contributed by atoms with Crippen molar-refractivity contribution >= 4 is 0 Å². The van der Waals surface area contributed by atoms with E-state index < -0.39 is 11.7 Å². The van der Waals surface area contributed by atoms with Gasteiger partial charge in [0.2, 0.25) is 0 Å². The first-order valence-electron chi connectivity index (χ1n) is 7.08. The second-order valence-electron chi connectivity index (χ2n) is 5.41. The number of halogens is 2. The van der Waals surface area contributed by atoms with Crippen LogP contribution >= 0.6 is 0 Å². The van der Waals surface area contributed by atoms with Crippen molar-refractivity contribution in [2.45, 2.75) is 38.5 Å². The van der Waals surface area contributed by atoms with E-state index in [9.17, 15) is 8.78 Å². The zero-order chi connectivity index (χ0) is 15.1. The summed E-state index contributed by atoms with van der Waals surface area (Å²) in [5, 5.41) is 0. The Morgan fingerprint density at radius 2 is 1.75 bits per heavy atom. The van der Waals surface area contributed by atoms with Gasteiger partial charge in [-0.1, -0.05) is 19.2 Å². The standard InChI is InChI=1S/C17H24F2O/c1-5-14-8-10-15(11-9-14)7-6-12(2)16(18)17(19)13(3)20-4/h5,14-15H,1-3,6-11H2,4H3/b17-16-. The summed E-state index contributed by atoms with van der Waals surface area (Å²) in [4.78, 5) is 0. The summed E-state index contributed by atoms with van der Waals surface area (Å²) >= 11 is 0. The smallest absolute Gasteiger partial charge is 0.200 e. The molecule has 0 N–H and O–H groups in total. The fourth-order valence-corrected chi connectivity index (χ4v) is 2.57. The molecule has 0 heterocycles. The first-order valence-corrected chi connectivity index (χ1v) is 7.08. The van der Waals surface area contributed by atoms with E-state index in [1.165, 1.54) is 7.11 Å².